The number of fused-ring (bicyclic) bond motifs is 2. The Hall–Kier alpha value is -2.13. The minimum absolute atomic E-state index is 0.0430. The zero-order chi connectivity index (χ0) is 20.0. The van der Waals surface area contributed by atoms with Gasteiger partial charge in [-0.15, -0.1) is 0 Å². The van der Waals surface area contributed by atoms with Gasteiger partial charge in [0.2, 0.25) is 0 Å². The maximum atomic E-state index is 13.5. The fourth-order valence-corrected chi connectivity index (χ4v) is 5.98. The summed E-state index contributed by atoms with van der Waals surface area (Å²) >= 11 is 0. The van der Waals surface area contributed by atoms with Crippen LogP contribution in [0, 0.1) is 19.8 Å². The molecule has 3 fully saturated rings. The first kappa shape index (κ1) is 18.9. The van der Waals surface area contributed by atoms with E-state index in [4.69, 9.17) is 0 Å². The number of carbonyl (C=O) groups is 1. The number of carbonyl (C=O) groups excluding carboxylic acids is 1. The average molecular weight is 389 g/mol. The Morgan fingerprint density at radius 1 is 1.00 bits per heavy atom. The van der Waals surface area contributed by atoms with Crippen LogP contribution in [0.4, 0.5) is 0 Å². The Balaban J connectivity index is 1.51. The topological polar surface area (TPSA) is 32.3 Å². The third kappa shape index (κ3) is 3.30. The molecule has 2 aromatic rings. The molecule has 152 valence electrons. The van der Waals surface area contributed by atoms with Gasteiger partial charge in [0.15, 0.2) is 0 Å². The Bertz CT molecular complexity index is 874. The zero-order valence-electron chi connectivity index (χ0n) is 17.7. The Kier molecular flexibility index (Phi) is 4.74. The highest BCUT2D eigenvalue weighted by Gasteiger charge is 2.57. The van der Waals surface area contributed by atoms with Crippen LogP contribution in [0.1, 0.15) is 71.6 Å². The standard InChI is InChI=1S/C26H32N2O/c1-18-7-6-8-19(2)23(18)25(29)27-24(21-9-4-3-5-10-21)26-15-13-22(14-16-26)28(26)17-20-11-12-20/h3-10,20,22,24H,11-17H2,1-2H3,(H,27,29). The molecule has 1 N–H and O–H groups in total. The fourth-order valence-electron chi connectivity index (χ4n) is 5.98. The third-order valence-electron chi connectivity index (χ3n) is 7.64. The van der Waals surface area contributed by atoms with Crippen molar-refractivity contribution in [1.29, 1.82) is 0 Å². The highest BCUT2D eigenvalue weighted by molar-refractivity contribution is 5.97. The van der Waals surface area contributed by atoms with E-state index in [0.717, 1.165) is 22.6 Å². The number of hydrogen-bond donors (Lipinski definition) is 1. The Morgan fingerprint density at radius 2 is 1.66 bits per heavy atom. The second-order valence-corrected chi connectivity index (χ2v) is 9.51. The first-order valence-electron chi connectivity index (χ1n) is 11.3. The lowest BCUT2D eigenvalue weighted by Crippen LogP contribution is -2.53. The van der Waals surface area contributed by atoms with Crippen LogP contribution in [0.25, 0.3) is 0 Å². The summed E-state index contributed by atoms with van der Waals surface area (Å²) in [5.41, 5.74) is 4.26. The molecule has 3 nitrogen and oxygen atoms in total. The number of amides is 1. The molecule has 0 aromatic heterocycles. The first-order valence-corrected chi connectivity index (χ1v) is 11.3. The number of nitrogens with zero attached hydrogens (tertiary/aromatic N) is 1. The minimum atomic E-state index is 0.0430. The maximum Gasteiger partial charge on any atom is 0.252 e. The Morgan fingerprint density at radius 3 is 2.28 bits per heavy atom. The van der Waals surface area contributed by atoms with E-state index in [2.05, 4.69) is 40.5 Å². The molecule has 1 aliphatic carbocycles. The minimum Gasteiger partial charge on any atom is -0.343 e. The van der Waals surface area contributed by atoms with E-state index in [1.54, 1.807) is 0 Å². The highest BCUT2D eigenvalue weighted by Crippen LogP contribution is 2.54. The van der Waals surface area contributed by atoms with Gasteiger partial charge >= 0.3 is 0 Å². The van der Waals surface area contributed by atoms with E-state index in [1.165, 1.54) is 50.6 Å². The van der Waals surface area contributed by atoms with Crippen LogP contribution in [0.15, 0.2) is 48.5 Å². The third-order valence-corrected chi connectivity index (χ3v) is 7.64. The van der Waals surface area contributed by atoms with E-state index < -0.39 is 0 Å². The molecule has 3 aliphatic rings. The number of rotatable bonds is 6. The summed E-state index contributed by atoms with van der Waals surface area (Å²) in [5, 5.41) is 3.53. The summed E-state index contributed by atoms with van der Waals surface area (Å²) in [5.74, 6) is 0.948. The van der Waals surface area contributed by atoms with E-state index in [-0.39, 0.29) is 17.5 Å². The van der Waals surface area contributed by atoms with Gasteiger partial charge in [-0.05, 0) is 75.0 Å². The molecule has 5 rings (SSSR count). The molecule has 2 aromatic carbocycles. The lowest BCUT2D eigenvalue weighted by atomic mass is 9.78. The molecule has 2 saturated heterocycles. The van der Waals surface area contributed by atoms with Crippen molar-refractivity contribution >= 4 is 5.91 Å². The summed E-state index contributed by atoms with van der Waals surface area (Å²) in [6, 6.07) is 17.5. The predicted octanol–water partition coefficient (Wildman–Crippen LogP) is 5.18. The van der Waals surface area contributed by atoms with Crippen LogP contribution in [0.3, 0.4) is 0 Å². The molecule has 3 heteroatoms. The molecular formula is C26H32N2O. The smallest absolute Gasteiger partial charge is 0.252 e. The molecule has 0 radical (unpaired) electrons. The van der Waals surface area contributed by atoms with Crippen LogP contribution in [-0.2, 0) is 0 Å². The summed E-state index contributed by atoms with van der Waals surface area (Å²) < 4.78 is 0. The van der Waals surface area contributed by atoms with Crippen LogP contribution >= 0.6 is 0 Å². The molecule has 0 spiro atoms. The van der Waals surface area contributed by atoms with Crippen molar-refractivity contribution in [2.24, 2.45) is 5.92 Å². The quantitative estimate of drug-likeness (QED) is 0.739. The van der Waals surface area contributed by atoms with E-state index in [0.29, 0.717) is 6.04 Å². The molecule has 1 atom stereocenters. The van der Waals surface area contributed by atoms with Crippen molar-refractivity contribution in [2.45, 2.75) is 70.0 Å². The van der Waals surface area contributed by atoms with E-state index in [1.807, 2.05) is 32.0 Å². The molecule has 2 heterocycles. The van der Waals surface area contributed by atoms with Gasteiger partial charge in [-0.1, -0.05) is 48.5 Å². The largest absolute Gasteiger partial charge is 0.343 e. The van der Waals surface area contributed by atoms with Gasteiger partial charge in [0.25, 0.3) is 5.91 Å². The second kappa shape index (κ2) is 7.28. The number of benzene rings is 2. The van der Waals surface area contributed by atoms with Crippen LogP contribution in [-0.4, -0.2) is 28.9 Å². The van der Waals surface area contributed by atoms with Gasteiger partial charge in [0, 0.05) is 23.7 Å². The summed E-state index contributed by atoms with van der Waals surface area (Å²) in [4.78, 5) is 16.3. The number of hydrogen-bond acceptors (Lipinski definition) is 2. The Labute approximate surface area is 174 Å². The van der Waals surface area contributed by atoms with E-state index >= 15 is 0 Å². The van der Waals surface area contributed by atoms with Crippen molar-refractivity contribution in [3.05, 3.63) is 70.8 Å². The van der Waals surface area contributed by atoms with E-state index in [9.17, 15) is 4.79 Å². The lowest BCUT2D eigenvalue weighted by molar-refractivity contribution is 0.0766. The summed E-state index contributed by atoms with van der Waals surface area (Å²) in [6.45, 7) is 5.30. The molecular weight excluding hydrogens is 356 g/mol. The van der Waals surface area contributed by atoms with Crippen molar-refractivity contribution in [2.75, 3.05) is 6.54 Å². The van der Waals surface area contributed by atoms with Gasteiger partial charge in [0.05, 0.1) is 6.04 Å². The van der Waals surface area contributed by atoms with Crippen molar-refractivity contribution in [3.8, 4) is 0 Å². The van der Waals surface area contributed by atoms with Gasteiger partial charge in [-0.2, -0.15) is 0 Å². The average Bonchev–Trinajstić information content (AvgIpc) is 3.41. The summed E-state index contributed by atoms with van der Waals surface area (Å²) in [7, 11) is 0. The molecule has 29 heavy (non-hydrogen) atoms. The monoisotopic (exact) mass is 388 g/mol. The SMILES string of the molecule is Cc1cccc(C)c1C(=O)NC(c1ccccc1)C12CCC(CC1)N2CC1CC1. The van der Waals surface area contributed by atoms with Gasteiger partial charge < -0.3 is 5.32 Å². The fraction of sp³-hybridized carbons (Fsp3) is 0.500. The number of nitrogens with one attached hydrogen (secondary N) is 1. The van der Waals surface area contributed by atoms with Gasteiger partial charge in [-0.25, -0.2) is 0 Å². The molecule has 1 saturated carbocycles. The molecule has 2 bridgehead atoms. The van der Waals surface area contributed by atoms with Crippen LogP contribution < -0.4 is 5.32 Å². The van der Waals surface area contributed by atoms with Gasteiger partial charge in [0.1, 0.15) is 0 Å². The van der Waals surface area contributed by atoms with Crippen LogP contribution in [0.5, 0.6) is 0 Å². The maximum absolute atomic E-state index is 13.5. The van der Waals surface area contributed by atoms with Crippen molar-refractivity contribution in [3.63, 3.8) is 0 Å². The molecule has 1 unspecified atom stereocenters. The normalized spacial score (nSPS) is 27.2. The van der Waals surface area contributed by atoms with Crippen molar-refractivity contribution < 1.29 is 4.79 Å². The molecule has 2 aliphatic heterocycles. The molecule has 1 amide bonds. The predicted molar refractivity (Wildman–Crippen MR) is 117 cm³/mol. The van der Waals surface area contributed by atoms with Crippen molar-refractivity contribution in [1.82, 2.24) is 10.2 Å². The first-order chi connectivity index (χ1) is 14.1. The van der Waals surface area contributed by atoms with Gasteiger partial charge in [-0.3, -0.25) is 9.69 Å². The van der Waals surface area contributed by atoms with Crippen LogP contribution in [0.2, 0.25) is 0 Å². The highest BCUT2D eigenvalue weighted by atomic mass is 16.1. The zero-order valence-corrected chi connectivity index (χ0v) is 17.7. The summed E-state index contributed by atoms with van der Waals surface area (Å²) in [6.07, 6.45) is 7.69. The second-order valence-electron chi connectivity index (χ2n) is 9.51. The number of aryl methyl sites for hydroxylation is 2. The lowest BCUT2D eigenvalue weighted by Gasteiger charge is -2.43.